The van der Waals surface area contributed by atoms with E-state index >= 15 is 0 Å². The van der Waals surface area contributed by atoms with E-state index in [1.807, 2.05) is 0 Å². The molecule has 0 aromatic carbocycles. The lowest BCUT2D eigenvalue weighted by Crippen LogP contribution is -2.47. The maximum absolute atomic E-state index is 12.2. The van der Waals surface area contributed by atoms with Crippen LogP contribution in [0.1, 0.15) is 32.1 Å². The second-order valence-electron chi connectivity index (χ2n) is 5.81. The van der Waals surface area contributed by atoms with Gasteiger partial charge >= 0.3 is 0 Å². The van der Waals surface area contributed by atoms with Crippen molar-refractivity contribution < 1.29 is 13.2 Å². The number of hydrogen-bond acceptors (Lipinski definition) is 4. The van der Waals surface area contributed by atoms with Crippen LogP contribution in [0, 0.1) is 0 Å². The van der Waals surface area contributed by atoms with Crippen LogP contribution < -0.4 is 10.6 Å². The molecule has 7 nitrogen and oxygen atoms in total. The van der Waals surface area contributed by atoms with Gasteiger partial charge in [0.25, 0.3) is 0 Å². The Morgan fingerprint density at radius 3 is 2.48 bits per heavy atom. The van der Waals surface area contributed by atoms with Crippen molar-refractivity contribution in [3.8, 4) is 0 Å². The van der Waals surface area contributed by atoms with Crippen LogP contribution in [-0.2, 0) is 14.8 Å². The third-order valence-electron chi connectivity index (χ3n) is 4.19. The van der Waals surface area contributed by atoms with Gasteiger partial charge in [-0.15, -0.1) is 24.0 Å². The van der Waals surface area contributed by atoms with Gasteiger partial charge in [0.1, 0.15) is 0 Å². The summed E-state index contributed by atoms with van der Waals surface area (Å²) in [5, 5.41) is 6.50. The Balaban J connectivity index is 0.00000264. The molecular weight excluding hydrogens is 431 g/mol. The summed E-state index contributed by atoms with van der Waals surface area (Å²) in [6.07, 6.45) is 6.13. The average Bonchev–Trinajstić information content (AvgIpc) is 2.55. The molecule has 2 fully saturated rings. The van der Waals surface area contributed by atoms with E-state index in [9.17, 15) is 8.42 Å². The van der Waals surface area contributed by atoms with Gasteiger partial charge in [0.05, 0.1) is 19.0 Å². The molecule has 23 heavy (non-hydrogen) atoms. The van der Waals surface area contributed by atoms with Crippen LogP contribution in [0.3, 0.4) is 0 Å². The molecule has 2 rings (SSSR count). The van der Waals surface area contributed by atoms with Gasteiger partial charge < -0.3 is 15.4 Å². The zero-order valence-electron chi connectivity index (χ0n) is 13.8. The summed E-state index contributed by atoms with van der Waals surface area (Å²) in [5.74, 6) is 0.780. The number of halogens is 1. The average molecular weight is 460 g/mol. The Morgan fingerprint density at radius 2 is 1.87 bits per heavy atom. The van der Waals surface area contributed by atoms with Crippen LogP contribution in [-0.4, -0.2) is 70.4 Å². The number of guanidine groups is 1. The van der Waals surface area contributed by atoms with Crippen LogP contribution >= 0.6 is 24.0 Å². The first-order valence-corrected chi connectivity index (χ1v) is 9.75. The Labute approximate surface area is 156 Å². The standard InChI is InChI=1S/C14H28N4O3S.HI/c1-15-14(17-13-5-3-2-4-6-13)16-7-12-22(19,20)18-8-10-21-11-9-18;/h13H,2-12H2,1H3,(H2,15,16,17);1H. The van der Waals surface area contributed by atoms with Crippen LogP contribution in [0.2, 0.25) is 0 Å². The molecule has 0 bridgehead atoms. The molecule has 9 heteroatoms. The Kier molecular flexibility index (Phi) is 9.71. The van der Waals surface area contributed by atoms with Crippen molar-refractivity contribution in [3.63, 3.8) is 0 Å². The fourth-order valence-electron chi connectivity index (χ4n) is 2.89. The van der Waals surface area contributed by atoms with E-state index in [1.165, 1.54) is 23.6 Å². The third kappa shape index (κ3) is 7.10. The predicted octanol–water partition coefficient (Wildman–Crippen LogP) is 0.764. The number of nitrogens with zero attached hydrogens (tertiary/aromatic N) is 2. The van der Waals surface area contributed by atoms with Crippen molar-refractivity contribution in [3.05, 3.63) is 0 Å². The quantitative estimate of drug-likeness (QED) is 0.360. The fraction of sp³-hybridized carbons (Fsp3) is 0.929. The van der Waals surface area contributed by atoms with Gasteiger partial charge in [-0.25, -0.2) is 8.42 Å². The van der Waals surface area contributed by atoms with E-state index < -0.39 is 10.0 Å². The first-order valence-electron chi connectivity index (χ1n) is 8.14. The molecule has 1 heterocycles. The molecule has 0 unspecified atom stereocenters. The molecular formula is C14H29IN4O3S. The number of morpholine rings is 1. The molecule has 1 aliphatic heterocycles. The van der Waals surface area contributed by atoms with Gasteiger partial charge in [0.2, 0.25) is 10.0 Å². The molecule has 2 aliphatic rings. The van der Waals surface area contributed by atoms with E-state index in [2.05, 4.69) is 15.6 Å². The van der Waals surface area contributed by atoms with Gasteiger partial charge in [-0.05, 0) is 12.8 Å². The summed E-state index contributed by atoms with van der Waals surface area (Å²) in [7, 11) is -1.50. The molecule has 0 aromatic rings. The van der Waals surface area contributed by atoms with Crippen LogP contribution in [0.4, 0.5) is 0 Å². The zero-order chi connectivity index (χ0) is 15.8. The highest BCUT2D eigenvalue weighted by Gasteiger charge is 2.24. The lowest BCUT2D eigenvalue weighted by atomic mass is 9.96. The Bertz CT molecular complexity index is 461. The monoisotopic (exact) mass is 460 g/mol. The highest BCUT2D eigenvalue weighted by Crippen LogP contribution is 2.17. The van der Waals surface area contributed by atoms with Crippen molar-refractivity contribution in [2.75, 3.05) is 45.6 Å². The molecule has 136 valence electrons. The fourth-order valence-corrected chi connectivity index (χ4v) is 4.21. The largest absolute Gasteiger partial charge is 0.379 e. The number of aliphatic imine (C=N–C) groups is 1. The van der Waals surface area contributed by atoms with Crippen LogP contribution in [0.15, 0.2) is 4.99 Å². The summed E-state index contributed by atoms with van der Waals surface area (Å²) in [4.78, 5) is 4.18. The van der Waals surface area contributed by atoms with E-state index in [4.69, 9.17) is 4.74 Å². The molecule has 1 aliphatic carbocycles. The molecule has 1 saturated heterocycles. The highest BCUT2D eigenvalue weighted by molar-refractivity contribution is 14.0. The number of hydrogen-bond donors (Lipinski definition) is 2. The number of sulfonamides is 1. The summed E-state index contributed by atoms with van der Waals surface area (Å²) in [6.45, 7) is 2.25. The minimum absolute atomic E-state index is 0. The topological polar surface area (TPSA) is 83.0 Å². The van der Waals surface area contributed by atoms with Crippen molar-refractivity contribution in [1.29, 1.82) is 0 Å². The van der Waals surface area contributed by atoms with E-state index in [1.54, 1.807) is 7.05 Å². The minimum Gasteiger partial charge on any atom is -0.379 e. The summed E-state index contributed by atoms with van der Waals surface area (Å²) < 4.78 is 31.1. The highest BCUT2D eigenvalue weighted by atomic mass is 127. The Morgan fingerprint density at radius 1 is 1.22 bits per heavy atom. The van der Waals surface area contributed by atoms with Gasteiger partial charge in [0, 0.05) is 32.7 Å². The summed E-state index contributed by atoms with van der Waals surface area (Å²) >= 11 is 0. The van der Waals surface area contributed by atoms with Gasteiger partial charge in [0.15, 0.2) is 5.96 Å². The van der Waals surface area contributed by atoms with Gasteiger partial charge in [-0.3, -0.25) is 4.99 Å². The summed E-state index contributed by atoms with van der Waals surface area (Å²) in [5.41, 5.74) is 0. The number of ether oxygens (including phenoxy) is 1. The molecule has 0 atom stereocenters. The second kappa shape index (κ2) is 10.7. The van der Waals surface area contributed by atoms with Gasteiger partial charge in [-0.1, -0.05) is 19.3 Å². The van der Waals surface area contributed by atoms with Gasteiger partial charge in [-0.2, -0.15) is 4.31 Å². The van der Waals surface area contributed by atoms with E-state index in [-0.39, 0.29) is 29.7 Å². The lowest BCUT2D eigenvalue weighted by molar-refractivity contribution is 0.0730. The number of rotatable bonds is 5. The first kappa shape index (κ1) is 20.9. The maximum atomic E-state index is 12.2. The molecule has 0 aromatic heterocycles. The normalized spacial score (nSPS) is 21.5. The predicted molar refractivity (Wildman–Crippen MR) is 103 cm³/mol. The van der Waals surface area contributed by atoms with Crippen molar-refractivity contribution in [2.45, 2.75) is 38.1 Å². The zero-order valence-corrected chi connectivity index (χ0v) is 16.9. The summed E-state index contributed by atoms with van der Waals surface area (Å²) in [6, 6.07) is 0.454. The maximum Gasteiger partial charge on any atom is 0.215 e. The van der Waals surface area contributed by atoms with E-state index in [0.29, 0.717) is 44.8 Å². The second-order valence-corrected chi connectivity index (χ2v) is 7.89. The smallest absolute Gasteiger partial charge is 0.215 e. The SMILES string of the molecule is CN=C(NCCS(=O)(=O)N1CCOCC1)NC1CCCCC1.I. The molecule has 2 N–H and O–H groups in total. The van der Waals surface area contributed by atoms with Crippen molar-refractivity contribution in [1.82, 2.24) is 14.9 Å². The van der Waals surface area contributed by atoms with Crippen LogP contribution in [0.25, 0.3) is 0 Å². The first-order chi connectivity index (χ1) is 10.6. The van der Waals surface area contributed by atoms with Crippen molar-refractivity contribution >= 4 is 40.0 Å². The van der Waals surface area contributed by atoms with Crippen LogP contribution in [0.5, 0.6) is 0 Å². The molecule has 1 saturated carbocycles. The van der Waals surface area contributed by atoms with E-state index in [0.717, 1.165) is 12.8 Å². The Hall–Kier alpha value is -0.130. The third-order valence-corrected chi connectivity index (χ3v) is 6.06. The number of nitrogens with one attached hydrogen (secondary N) is 2. The molecule has 0 amide bonds. The lowest BCUT2D eigenvalue weighted by Gasteiger charge is -2.27. The van der Waals surface area contributed by atoms with Crippen molar-refractivity contribution in [2.24, 2.45) is 4.99 Å². The molecule has 0 radical (unpaired) electrons. The minimum atomic E-state index is -3.21. The molecule has 0 spiro atoms.